The van der Waals surface area contributed by atoms with Gasteiger partial charge in [0.25, 0.3) is 5.56 Å². The van der Waals surface area contributed by atoms with Gasteiger partial charge < -0.3 is 0 Å². The van der Waals surface area contributed by atoms with E-state index in [4.69, 9.17) is 11.6 Å². The van der Waals surface area contributed by atoms with Crippen molar-refractivity contribution < 1.29 is 4.79 Å². The van der Waals surface area contributed by atoms with Crippen LogP contribution in [0.15, 0.2) is 59.7 Å². The summed E-state index contributed by atoms with van der Waals surface area (Å²) in [6.45, 7) is 6.15. The summed E-state index contributed by atoms with van der Waals surface area (Å²) in [6.07, 6.45) is 1.46. The molecule has 4 nitrogen and oxygen atoms in total. The normalized spacial score (nSPS) is 11.4. The Balaban J connectivity index is 1.73. The maximum atomic E-state index is 13.3. The largest absolute Gasteiger partial charge is 0.292 e. The lowest BCUT2D eigenvalue weighted by Crippen LogP contribution is -2.24. The molecule has 0 saturated carbocycles. The van der Waals surface area contributed by atoms with E-state index in [-0.39, 0.29) is 17.9 Å². The number of halogens is 1. The molecule has 30 heavy (non-hydrogen) atoms. The number of carbonyl (C=O) groups excluding carboxylic acids is 1. The van der Waals surface area contributed by atoms with Gasteiger partial charge in [0, 0.05) is 21.0 Å². The van der Waals surface area contributed by atoms with Crippen LogP contribution in [-0.4, -0.2) is 15.3 Å². The lowest BCUT2D eigenvalue weighted by Gasteiger charge is -2.08. The number of carbonyl (C=O) groups is 1. The Kier molecular flexibility index (Phi) is 5.58. The highest BCUT2D eigenvalue weighted by molar-refractivity contribution is 7.19. The Hall–Kier alpha value is -2.76. The molecule has 4 aromatic rings. The number of Topliss-reactive ketones (excluding diaryl/α,β-unsaturated/α-hetero) is 1. The number of rotatable bonds is 5. The number of thiophene rings is 1. The molecule has 4 rings (SSSR count). The van der Waals surface area contributed by atoms with E-state index >= 15 is 0 Å². The SMILES string of the molecule is Cc1sc2ncn(CC(=O)c3ccc(C(C)C)cc3)c(=O)c2c1-c1ccc(Cl)cc1. The average molecular weight is 437 g/mol. The molecular formula is C24H21ClN2O2S. The maximum Gasteiger partial charge on any atom is 0.263 e. The van der Waals surface area contributed by atoms with Crippen molar-refractivity contribution in [2.75, 3.05) is 0 Å². The van der Waals surface area contributed by atoms with Crippen molar-refractivity contribution >= 4 is 38.9 Å². The third kappa shape index (κ3) is 3.83. The molecule has 0 saturated heterocycles. The first-order chi connectivity index (χ1) is 14.3. The van der Waals surface area contributed by atoms with Gasteiger partial charge in [-0.25, -0.2) is 4.98 Å². The molecule has 0 bridgehead atoms. The third-order valence-electron chi connectivity index (χ3n) is 5.20. The molecule has 0 unspecified atom stereocenters. The fourth-order valence-electron chi connectivity index (χ4n) is 3.51. The standard InChI is InChI=1S/C24H21ClN2O2S/c1-14(2)16-4-6-17(7-5-16)20(28)12-27-13-26-23-22(24(27)29)21(15(3)30-23)18-8-10-19(25)11-9-18/h4-11,13-14H,12H2,1-3H3. The van der Waals surface area contributed by atoms with E-state index in [0.717, 1.165) is 16.0 Å². The second-order valence-electron chi connectivity index (χ2n) is 7.60. The molecule has 2 aromatic heterocycles. The summed E-state index contributed by atoms with van der Waals surface area (Å²) in [5.41, 5.74) is 3.32. The van der Waals surface area contributed by atoms with Crippen LogP contribution in [0.4, 0.5) is 0 Å². The zero-order chi connectivity index (χ0) is 21.4. The highest BCUT2D eigenvalue weighted by Crippen LogP contribution is 2.35. The van der Waals surface area contributed by atoms with Crippen LogP contribution in [0.5, 0.6) is 0 Å². The number of ketones is 1. The minimum atomic E-state index is -0.207. The Morgan fingerprint density at radius 3 is 2.40 bits per heavy atom. The van der Waals surface area contributed by atoms with Gasteiger partial charge in [0.15, 0.2) is 5.78 Å². The molecule has 0 aliphatic carbocycles. The van der Waals surface area contributed by atoms with Crippen molar-refractivity contribution in [2.24, 2.45) is 0 Å². The fourth-order valence-corrected chi connectivity index (χ4v) is 4.64. The van der Waals surface area contributed by atoms with E-state index in [1.54, 1.807) is 12.1 Å². The van der Waals surface area contributed by atoms with Gasteiger partial charge in [-0.1, -0.05) is 61.8 Å². The fraction of sp³-hybridized carbons (Fsp3) is 0.208. The topological polar surface area (TPSA) is 52.0 Å². The van der Waals surface area contributed by atoms with Gasteiger partial charge in [-0.15, -0.1) is 11.3 Å². The molecule has 0 N–H and O–H groups in total. The number of fused-ring (bicyclic) bond motifs is 1. The molecule has 0 aliphatic rings. The Bertz CT molecular complexity index is 1290. The molecule has 0 atom stereocenters. The van der Waals surface area contributed by atoms with Crippen molar-refractivity contribution in [1.29, 1.82) is 0 Å². The highest BCUT2D eigenvalue weighted by Gasteiger charge is 2.18. The first kappa shape index (κ1) is 20.5. The Labute approximate surface area is 183 Å². The van der Waals surface area contributed by atoms with Crippen LogP contribution in [-0.2, 0) is 6.54 Å². The summed E-state index contributed by atoms with van der Waals surface area (Å²) < 4.78 is 1.40. The molecule has 2 heterocycles. The molecule has 0 aliphatic heterocycles. The van der Waals surface area contributed by atoms with Gasteiger partial charge >= 0.3 is 0 Å². The smallest absolute Gasteiger partial charge is 0.263 e. The van der Waals surface area contributed by atoms with E-state index in [9.17, 15) is 9.59 Å². The minimum absolute atomic E-state index is 0.0439. The first-order valence-electron chi connectivity index (χ1n) is 9.72. The second kappa shape index (κ2) is 8.17. The van der Waals surface area contributed by atoms with Crippen LogP contribution < -0.4 is 5.56 Å². The summed E-state index contributed by atoms with van der Waals surface area (Å²) in [5.74, 6) is 0.282. The third-order valence-corrected chi connectivity index (χ3v) is 6.47. The molecular weight excluding hydrogens is 416 g/mol. The first-order valence-corrected chi connectivity index (χ1v) is 10.9. The van der Waals surface area contributed by atoms with Crippen LogP contribution in [0.2, 0.25) is 5.02 Å². The van der Waals surface area contributed by atoms with Crippen molar-refractivity contribution in [3.05, 3.63) is 86.2 Å². The van der Waals surface area contributed by atoms with Crippen LogP contribution in [0.25, 0.3) is 21.3 Å². The molecule has 2 aromatic carbocycles. The van der Waals surface area contributed by atoms with Gasteiger partial charge in [-0.2, -0.15) is 0 Å². The zero-order valence-corrected chi connectivity index (χ0v) is 18.6. The van der Waals surface area contributed by atoms with Gasteiger partial charge in [-0.3, -0.25) is 14.2 Å². The van der Waals surface area contributed by atoms with E-state index in [1.807, 2.05) is 43.3 Å². The highest BCUT2D eigenvalue weighted by atomic mass is 35.5. The lowest BCUT2D eigenvalue weighted by molar-refractivity contribution is 0.0970. The van der Waals surface area contributed by atoms with Gasteiger partial charge in [0.1, 0.15) is 4.83 Å². The number of benzene rings is 2. The maximum absolute atomic E-state index is 13.3. The molecule has 0 fully saturated rings. The minimum Gasteiger partial charge on any atom is -0.292 e. The predicted octanol–water partition coefficient (Wildman–Crippen LogP) is 6.09. The van der Waals surface area contributed by atoms with Crippen molar-refractivity contribution in [2.45, 2.75) is 33.2 Å². The van der Waals surface area contributed by atoms with Crippen molar-refractivity contribution in [3.63, 3.8) is 0 Å². The van der Waals surface area contributed by atoms with E-state index in [2.05, 4.69) is 18.8 Å². The number of nitrogens with zero attached hydrogens (tertiary/aromatic N) is 2. The quantitative estimate of drug-likeness (QED) is 0.355. The van der Waals surface area contributed by atoms with E-state index in [1.165, 1.54) is 27.8 Å². The molecule has 6 heteroatoms. The number of aryl methyl sites for hydroxylation is 1. The second-order valence-corrected chi connectivity index (χ2v) is 9.24. The van der Waals surface area contributed by atoms with Crippen LogP contribution in [0, 0.1) is 6.92 Å². The monoisotopic (exact) mass is 436 g/mol. The lowest BCUT2D eigenvalue weighted by atomic mass is 10.0. The molecule has 0 amide bonds. The Morgan fingerprint density at radius 2 is 1.77 bits per heavy atom. The summed E-state index contributed by atoms with van der Waals surface area (Å²) in [7, 11) is 0. The van der Waals surface area contributed by atoms with Gasteiger partial charge in [0.05, 0.1) is 18.3 Å². The predicted molar refractivity (Wildman–Crippen MR) is 124 cm³/mol. The summed E-state index contributed by atoms with van der Waals surface area (Å²) >= 11 is 7.49. The molecule has 0 radical (unpaired) electrons. The molecule has 152 valence electrons. The van der Waals surface area contributed by atoms with Gasteiger partial charge in [0.2, 0.25) is 0 Å². The summed E-state index contributed by atoms with van der Waals surface area (Å²) in [6, 6.07) is 15.0. The number of aromatic nitrogens is 2. The van der Waals surface area contributed by atoms with Crippen molar-refractivity contribution in [1.82, 2.24) is 9.55 Å². The Morgan fingerprint density at radius 1 is 1.10 bits per heavy atom. The van der Waals surface area contributed by atoms with Crippen LogP contribution >= 0.6 is 22.9 Å². The van der Waals surface area contributed by atoms with Gasteiger partial charge in [-0.05, 0) is 36.1 Å². The molecule has 0 spiro atoms. The van der Waals surface area contributed by atoms with E-state index < -0.39 is 0 Å². The summed E-state index contributed by atoms with van der Waals surface area (Å²) in [5, 5.41) is 1.19. The van der Waals surface area contributed by atoms with Crippen LogP contribution in [0.1, 0.15) is 40.6 Å². The summed E-state index contributed by atoms with van der Waals surface area (Å²) in [4.78, 5) is 32.2. The number of hydrogen-bond acceptors (Lipinski definition) is 4. The zero-order valence-electron chi connectivity index (χ0n) is 17.0. The average Bonchev–Trinajstić information content (AvgIpc) is 3.07. The van der Waals surface area contributed by atoms with Crippen LogP contribution in [0.3, 0.4) is 0 Å². The van der Waals surface area contributed by atoms with Crippen molar-refractivity contribution in [3.8, 4) is 11.1 Å². The number of hydrogen-bond donors (Lipinski definition) is 0. The van der Waals surface area contributed by atoms with E-state index in [0.29, 0.717) is 26.7 Å².